The van der Waals surface area contributed by atoms with Gasteiger partial charge in [-0.2, -0.15) is 0 Å². The number of fused-ring (bicyclic) bond motifs is 1. The zero-order valence-corrected chi connectivity index (χ0v) is 15.5. The second-order valence-corrected chi connectivity index (χ2v) is 6.40. The van der Waals surface area contributed by atoms with Gasteiger partial charge in [-0.15, -0.1) is 0 Å². The Balaban J connectivity index is 1.79. The van der Waals surface area contributed by atoms with Crippen LogP contribution in [0.5, 0.6) is 11.5 Å². The van der Waals surface area contributed by atoms with Crippen LogP contribution in [0, 0.1) is 0 Å². The molecule has 0 aromatic heterocycles. The van der Waals surface area contributed by atoms with Crippen LogP contribution < -0.4 is 14.8 Å². The summed E-state index contributed by atoms with van der Waals surface area (Å²) in [5.74, 6) is 1.49. The van der Waals surface area contributed by atoms with Gasteiger partial charge in [-0.3, -0.25) is 4.79 Å². The zero-order valence-electron chi connectivity index (χ0n) is 15.5. The summed E-state index contributed by atoms with van der Waals surface area (Å²) in [6.45, 7) is 6.65. The highest BCUT2D eigenvalue weighted by atomic mass is 16.5. The van der Waals surface area contributed by atoms with Crippen LogP contribution in [0.3, 0.4) is 0 Å². The largest absolute Gasteiger partial charge is 0.493 e. The van der Waals surface area contributed by atoms with Crippen molar-refractivity contribution in [1.29, 1.82) is 0 Å². The fraction of sp³-hybridized carbons (Fsp3) is 0.318. The first-order chi connectivity index (χ1) is 12.6. The Hall–Kier alpha value is -2.75. The highest BCUT2D eigenvalue weighted by Crippen LogP contribution is 2.35. The van der Waals surface area contributed by atoms with Gasteiger partial charge in [-0.05, 0) is 50.1 Å². The average Bonchev–Trinajstić information content (AvgIpc) is 2.99. The molecule has 136 valence electrons. The van der Waals surface area contributed by atoms with E-state index >= 15 is 0 Å². The molecule has 4 nitrogen and oxygen atoms in total. The topological polar surface area (TPSA) is 47.6 Å². The van der Waals surface area contributed by atoms with Crippen molar-refractivity contribution in [3.05, 3.63) is 59.2 Å². The van der Waals surface area contributed by atoms with Crippen LogP contribution in [0.2, 0.25) is 0 Å². The zero-order chi connectivity index (χ0) is 18.5. The van der Waals surface area contributed by atoms with Gasteiger partial charge in [0.25, 0.3) is 0 Å². The Labute approximate surface area is 154 Å². The summed E-state index contributed by atoms with van der Waals surface area (Å²) in [5.41, 5.74) is 3.96. The number of nitrogens with one attached hydrogen (secondary N) is 1. The quantitative estimate of drug-likeness (QED) is 0.772. The van der Waals surface area contributed by atoms with Crippen LogP contribution in [0.15, 0.2) is 42.5 Å². The normalized spacial score (nSPS) is 15.6. The van der Waals surface area contributed by atoms with Crippen molar-refractivity contribution in [2.24, 2.45) is 0 Å². The molecule has 0 saturated heterocycles. The van der Waals surface area contributed by atoms with Gasteiger partial charge >= 0.3 is 0 Å². The Morgan fingerprint density at radius 2 is 2.12 bits per heavy atom. The molecule has 3 rings (SSSR count). The molecule has 4 heteroatoms. The fourth-order valence-corrected chi connectivity index (χ4v) is 3.16. The van der Waals surface area contributed by atoms with Crippen LogP contribution in [-0.2, 0) is 17.6 Å². The molecule has 2 aromatic rings. The predicted octanol–water partition coefficient (Wildman–Crippen LogP) is 4.62. The summed E-state index contributed by atoms with van der Waals surface area (Å²) < 4.78 is 11.6. The number of hydrogen-bond acceptors (Lipinski definition) is 3. The minimum absolute atomic E-state index is 0.164. The van der Waals surface area contributed by atoms with Gasteiger partial charge in [0.1, 0.15) is 17.6 Å². The van der Waals surface area contributed by atoms with E-state index in [-0.39, 0.29) is 12.0 Å². The lowest BCUT2D eigenvalue weighted by Crippen LogP contribution is -2.09. The third-order valence-electron chi connectivity index (χ3n) is 4.40. The van der Waals surface area contributed by atoms with Crippen molar-refractivity contribution in [2.75, 3.05) is 11.9 Å². The Kier molecular flexibility index (Phi) is 5.61. The van der Waals surface area contributed by atoms with Crippen LogP contribution >= 0.6 is 0 Å². The standard InChI is InChI=1S/C22H25NO3/c1-4-16-8-6-7-9-19(16)23-22(24)11-10-17-13-21-18(12-15(3)26-21)14-20(17)25-5-2/h6-11,13-15H,4-5,12H2,1-3H3,(H,23,24)/b11-10+. The minimum Gasteiger partial charge on any atom is -0.493 e. The molecule has 0 fully saturated rings. The van der Waals surface area contributed by atoms with Gasteiger partial charge in [0.2, 0.25) is 5.91 Å². The monoisotopic (exact) mass is 351 g/mol. The molecule has 1 aliphatic rings. The molecule has 1 N–H and O–H groups in total. The van der Waals surface area contributed by atoms with E-state index in [1.54, 1.807) is 6.08 Å². The number of carbonyl (C=O) groups is 1. The first-order valence-electron chi connectivity index (χ1n) is 9.14. The lowest BCUT2D eigenvalue weighted by atomic mass is 10.1. The third-order valence-corrected chi connectivity index (χ3v) is 4.40. The fourth-order valence-electron chi connectivity index (χ4n) is 3.16. The first-order valence-corrected chi connectivity index (χ1v) is 9.14. The van der Waals surface area contributed by atoms with E-state index in [0.29, 0.717) is 6.61 Å². The summed E-state index contributed by atoms with van der Waals surface area (Å²) in [4.78, 5) is 12.3. The molecular weight excluding hydrogens is 326 g/mol. The van der Waals surface area contributed by atoms with Crippen LogP contribution in [-0.4, -0.2) is 18.6 Å². The van der Waals surface area contributed by atoms with Crippen LogP contribution in [0.25, 0.3) is 6.08 Å². The molecule has 0 bridgehead atoms. The van der Waals surface area contributed by atoms with Crippen LogP contribution in [0.1, 0.15) is 37.5 Å². The third kappa shape index (κ3) is 4.07. The van der Waals surface area contributed by atoms with E-state index in [0.717, 1.165) is 46.7 Å². The van der Waals surface area contributed by atoms with E-state index in [2.05, 4.69) is 19.2 Å². The number of carbonyl (C=O) groups excluding carboxylic acids is 1. The number of aryl methyl sites for hydroxylation is 1. The maximum Gasteiger partial charge on any atom is 0.248 e. The Morgan fingerprint density at radius 3 is 2.88 bits per heavy atom. The highest BCUT2D eigenvalue weighted by Gasteiger charge is 2.21. The molecule has 26 heavy (non-hydrogen) atoms. The summed E-state index contributed by atoms with van der Waals surface area (Å²) in [6, 6.07) is 11.8. The molecule has 0 aliphatic carbocycles. The molecule has 1 amide bonds. The molecule has 1 heterocycles. The molecule has 1 aliphatic heterocycles. The number of rotatable bonds is 6. The molecular formula is C22H25NO3. The Morgan fingerprint density at radius 1 is 1.31 bits per heavy atom. The number of ether oxygens (including phenoxy) is 2. The summed E-state index contributed by atoms with van der Waals surface area (Å²) in [7, 11) is 0. The molecule has 0 spiro atoms. The molecule has 0 saturated carbocycles. The smallest absolute Gasteiger partial charge is 0.248 e. The van der Waals surface area contributed by atoms with Gasteiger partial charge in [0.15, 0.2) is 0 Å². The summed E-state index contributed by atoms with van der Waals surface area (Å²) in [5, 5.41) is 2.94. The maximum atomic E-state index is 12.3. The number of amides is 1. The lowest BCUT2D eigenvalue weighted by Gasteiger charge is -2.10. The van der Waals surface area contributed by atoms with Gasteiger partial charge in [0.05, 0.1) is 6.61 Å². The van der Waals surface area contributed by atoms with Crippen molar-refractivity contribution >= 4 is 17.7 Å². The first kappa shape index (κ1) is 18.1. The Bertz CT molecular complexity index is 826. The summed E-state index contributed by atoms with van der Waals surface area (Å²) in [6.07, 6.45) is 5.24. The van der Waals surface area contributed by atoms with E-state index in [9.17, 15) is 4.79 Å². The molecule has 0 radical (unpaired) electrons. The van der Waals surface area contributed by atoms with Crippen molar-refractivity contribution in [2.45, 2.75) is 39.7 Å². The van der Waals surface area contributed by atoms with E-state index in [1.165, 1.54) is 6.08 Å². The van der Waals surface area contributed by atoms with Crippen molar-refractivity contribution in [3.63, 3.8) is 0 Å². The maximum absolute atomic E-state index is 12.3. The van der Waals surface area contributed by atoms with Crippen molar-refractivity contribution < 1.29 is 14.3 Å². The van der Waals surface area contributed by atoms with E-state index in [4.69, 9.17) is 9.47 Å². The predicted molar refractivity (Wildman–Crippen MR) is 105 cm³/mol. The second-order valence-electron chi connectivity index (χ2n) is 6.40. The second kappa shape index (κ2) is 8.09. The van der Waals surface area contributed by atoms with E-state index in [1.807, 2.05) is 43.3 Å². The minimum atomic E-state index is -0.164. The number of anilines is 1. The number of para-hydroxylation sites is 1. The van der Waals surface area contributed by atoms with Crippen LogP contribution in [0.4, 0.5) is 5.69 Å². The van der Waals surface area contributed by atoms with Crippen molar-refractivity contribution in [3.8, 4) is 11.5 Å². The van der Waals surface area contributed by atoms with Gasteiger partial charge in [0, 0.05) is 29.3 Å². The highest BCUT2D eigenvalue weighted by molar-refractivity contribution is 6.02. The SMILES string of the molecule is CCOc1cc2c(cc1/C=C/C(=O)Nc1ccccc1CC)OC(C)C2. The average molecular weight is 351 g/mol. The van der Waals surface area contributed by atoms with E-state index < -0.39 is 0 Å². The number of benzene rings is 2. The molecule has 1 unspecified atom stereocenters. The van der Waals surface area contributed by atoms with Gasteiger partial charge < -0.3 is 14.8 Å². The molecule has 1 atom stereocenters. The lowest BCUT2D eigenvalue weighted by molar-refractivity contribution is -0.111. The number of hydrogen-bond donors (Lipinski definition) is 1. The summed E-state index contributed by atoms with van der Waals surface area (Å²) >= 11 is 0. The van der Waals surface area contributed by atoms with Gasteiger partial charge in [-0.25, -0.2) is 0 Å². The van der Waals surface area contributed by atoms with Crippen molar-refractivity contribution in [1.82, 2.24) is 0 Å². The molecule has 2 aromatic carbocycles. The van der Waals surface area contributed by atoms with Gasteiger partial charge in [-0.1, -0.05) is 25.1 Å².